The van der Waals surface area contributed by atoms with E-state index in [1.54, 1.807) is 0 Å². The van der Waals surface area contributed by atoms with Crippen molar-refractivity contribution in [2.75, 3.05) is 26.2 Å². The maximum atomic E-state index is 11.8. The Morgan fingerprint density at radius 3 is 2.39 bits per heavy atom. The molecule has 0 aromatic heterocycles. The number of carbonyl (C=O) groups excluding carboxylic acids is 2. The summed E-state index contributed by atoms with van der Waals surface area (Å²) in [5, 5.41) is 5.81. The second-order valence-corrected chi connectivity index (χ2v) is 7.08. The SMILES string of the molecule is CCN(CC)C(=O)CCCNC(=O)NCCC1CC2CCC1C2. The molecule has 2 rings (SSSR count). The van der Waals surface area contributed by atoms with Crippen LogP contribution in [-0.4, -0.2) is 43.0 Å². The number of rotatable bonds is 9. The summed E-state index contributed by atoms with van der Waals surface area (Å²) in [4.78, 5) is 25.4. The van der Waals surface area contributed by atoms with Gasteiger partial charge in [-0.15, -0.1) is 0 Å². The fraction of sp³-hybridized carbons (Fsp3) is 0.889. The third-order valence-electron chi connectivity index (χ3n) is 5.65. The van der Waals surface area contributed by atoms with Crippen molar-refractivity contribution < 1.29 is 9.59 Å². The zero-order valence-corrected chi connectivity index (χ0v) is 14.8. The summed E-state index contributed by atoms with van der Waals surface area (Å²) in [6.07, 6.45) is 7.97. The molecule has 3 unspecified atom stereocenters. The van der Waals surface area contributed by atoms with Crippen molar-refractivity contribution in [3.8, 4) is 0 Å². The molecular weight excluding hydrogens is 290 g/mol. The first kappa shape index (κ1) is 18.1. The van der Waals surface area contributed by atoms with Crippen LogP contribution in [0, 0.1) is 17.8 Å². The largest absolute Gasteiger partial charge is 0.343 e. The average molecular weight is 323 g/mol. The molecule has 2 aliphatic rings. The van der Waals surface area contributed by atoms with E-state index >= 15 is 0 Å². The van der Waals surface area contributed by atoms with Crippen molar-refractivity contribution in [2.45, 2.75) is 58.8 Å². The molecule has 2 fully saturated rings. The highest BCUT2D eigenvalue weighted by atomic mass is 16.2. The summed E-state index contributed by atoms with van der Waals surface area (Å²) in [5.41, 5.74) is 0. The molecule has 132 valence electrons. The lowest BCUT2D eigenvalue weighted by Crippen LogP contribution is -2.38. The van der Waals surface area contributed by atoms with E-state index in [4.69, 9.17) is 0 Å². The molecule has 0 spiro atoms. The minimum atomic E-state index is -0.0940. The Bertz CT molecular complexity index is 396. The standard InChI is InChI=1S/C18H33N3O2/c1-3-21(4-2)17(22)6-5-10-19-18(23)20-11-9-16-13-14-7-8-15(16)12-14/h14-16H,3-13H2,1-2H3,(H2,19,20,23). The van der Waals surface area contributed by atoms with Gasteiger partial charge in [-0.2, -0.15) is 0 Å². The normalized spacial score (nSPS) is 25.4. The Kier molecular flexibility index (Phi) is 7.18. The number of carbonyl (C=O) groups is 2. The third-order valence-corrected chi connectivity index (χ3v) is 5.65. The predicted octanol–water partition coefficient (Wildman–Crippen LogP) is 2.76. The van der Waals surface area contributed by atoms with Crippen LogP contribution in [0.5, 0.6) is 0 Å². The highest BCUT2D eigenvalue weighted by Gasteiger charge is 2.38. The summed E-state index contributed by atoms with van der Waals surface area (Å²) in [6, 6.07) is -0.0940. The van der Waals surface area contributed by atoms with Crippen LogP contribution in [0.15, 0.2) is 0 Å². The van der Waals surface area contributed by atoms with E-state index in [1.807, 2.05) is 18.7 Å². The topological polar surface area (TPSA) is 61.4 Å². The molecule has 23 heavy (non-hydrogen) atoms. The molecule has 2 bridgehead atoms. The van der Waals surface area contributed by atoms with E-state index in [-0.39, 0.29) is 11.9 Å². The number of hydrogen-bond donors (Lipinski definition) is 2. The van der Waals surface area contributed by atoms with Crippen LogP contribution in [0.3, 0.4) is 0 Å². The number of nitrogens with one attached hydrogen (secondary N) is 2. The van der Waals surface area contributed by atoms with E-state index in [0.717, 1.165) is 43.8 Å². The Balaban J connectivity index is 1.48. The molecule has 0 radical (unpaired) electrons. The van der Waals surface area contributed by atoms with Crippen LogP contribution in [0.2, 0.25) is 0 Å². The van der Waals surface area contributed by atoms with Gasteiger partial charge in [-0.1, -0.05) is 6.42 Å². The Morgan fingerprint density at radius 1 is 1.04 bits per heavy atom. The quantitative estimate of drug-likeness (QED) is 0.641. The second-order valence-electron chi connectivity index (χ2n) is 7.08. The molecule has 0 aromatic carbocycles. The van der Waals surface area contributed by atoms with E-state index < -0.39 is 0 Å². The fourth-order valence-corrected chi connectivity index (χ4v) is 4.34. The van der Waals surface area contributed by atoms with Crippen molar-refractivity contribution in [1.29, 1.82) is 0 Å². The predicted molar refractivity (Wildman–Crippen MR) is 92.1 cm³/mol. The summed E-state index contributed by atoms with van der Waals surface area (Å²) in [7, 11) is 0. The molecule has 2 N–H and O–H groups in total. The minimum absolute atomic E-state index is 0.0940. The van der Waals surface area contributed by atoms with Crippen LogP contribution in [-0.2, 0) is 4.79 Å². The molecule has 0 aromatic rings. The van der Waals surface area contributed by atoms with Crippen molar-refractivity contribution in [3.63, 3.8) is 0 Å². The zero-order valence-electron chi connectivity index (χ0n) is 14.8. The first-order chi connectivity index (χ1) is 11.1. The lowest BCUT2D eigenvalue weighted by molar-refractivity contribution is -0.130. The number of amides is 3. The molecule has 2 saturated carbocycles. The fourth-order valence-electron chi connectivity index (χ4n) is 4.34. The van der Waals surface area contributed by atoms with E-state index in [2.05, 4.69) is 10.6 Å². The van der Waals surface area contributed by atoms with Gasteiger partial charge >= 0.3 is 6.03 Å². The van der Waals surface area contributed by atoms with E-state index in [1.165, 1.54) is 25.7 Å². The summed E-state index contributed by atoms with van der Waals surface area (Å²) in [5.74, 6) is 2.91. The maximum absolute atomic E-state index is 11.8. The molecular formula is C18H33N3O2. The number of hydrogen-bond acceptors (Lipinski definition) is 2. The molecule has 2 aliphatic carbocycles. The Morgan fingerprint density at radius 2 is 1.78 bits per heavy atom. The third kappa shape index (κ3) is 5.40. The van der Waals surface area contributed by atoms with Gasteiger partial charge in [0.25, 0.3) is 0 Å². The number of fused-ring (bicyclic) bond motifs is 2. The van der Waals surface area contributed by atoms with Crippen LogP contribution in [0.1, 0.15) is 58.8 Å². The lowest BCUT2D eigenvalue weighted by atomic mass is 9.86. The molecule has 5 heteroatoms. The Labute approximate surface area is 140 Å². The van der Waals surface area contributed by atoms with Gasteiger partial charge in [-0.05, 0) is 63.7 Å². The van der Waals surface area contributed by atoms with Gasteiger partial charge in [-0.3, -0.25) is 4.79 Å². The monoisotopic (exact) mass is 323 g/mol. The van der Waals surface area contributed by atoms with E-state index in [0.29, 0.717) is 19.4 Å². The van der Waals surface area contributed by atoms with Gasteiger partial charge in [0.15, 0.2) is 0 Å². The smallest absolute Gasteiger partial charge is 0.314 e. The van der Waals surface area contributed by atoms with Crippen LogP contribution < -0.4 is 10.6 Å². The number of urea groups is 1. The molecule has 3 amide bonds. The van der Waals surface area contributed by atoms with Crippen molar-refractivity contribution in [2.24, 2.45) is 17.8 Å². The van der Waals surface area contributed by atoms with Crippen LogP contribution in [0.25, 0.3) is 0 Å². The van der Waals surface area contributed by atoms with Crippen molar-refractivity contribution in [3.05, 3.63) is 0 Å². The Hall–Kier alpha value is -1.26. The van der Waals surface area contributed by atoms with Gasteiger partial charge in [0.05, 0.1) is 0 Å². The minimum Gasteiger partial charge on any atom is -0.343 e. The molecule has 0 saturated heterocycles. The first-order valence-electron chi connectivity index (χ1n) is 9.43. The second kappa shape index (κ2) is 9.14. The van der Waals surface area contributed by atoms with Crippen molar-refractivity contribution in [1.82, 2.24) is 15.5 Å². The highest BCUT2D eigenvalue weighted by molar-refractivity contribution is 5.76. The van der Waals surface area contributed by atoms with Crippen molar-refractivity contribution >= 4 is 11.9 Å². The lowest BCUT2D eigenvalue weighted by Gasteiger charge is -2.21. The zero-order chi connectivity index (χ0) is 16.7. The van der Waals surface area contributed by atoms with Gasteiger partial charge < -0.3 is 15.5 Å². The summed E-state index contributed by atoms with van der Waals surface area (Å²) < 4.78 is 0. The molecule has 5 nitrogen and oxygen atoms in total. The van der Waals surface area contributed by atoms with Gasteiger partial charge in [-0.25, -0.2) is 4.79 Å². The van der Waals surface area contributed by atoms with Gasteiger partial charge in [0.2, 0.25) is 5.91 Å². The van der Waals surface area contributed by atoms with Gasteiger partial charge in [0.1, 0.15) is 0 Å². The summed E-state index contributed by atoms with van der Waals surface area (Å²) in [6.45, 7) is 6.83. The number of nitrogens with zero attached hydrogens (tertiary/aromatic N) is 1. The van der Waals surface area contributed by atoms with Gasteiger partial charge in [0, 0.05) is 32.6 Å². The van der Waals surface area contributed by atoms with Crippen LogP contribution in [0.4, 0.5) is 4.79 Å². The molecule has 0 heterocycles. The molecule has 0 aliphatic heterocycles. The average Bonchev–Trinajstić information content (AvgIpc) is 3.15. The maximum Gasteiger partial charge on any atom is 0.314 e. The summed E-state index contributed by atoms with van der Waals surface area (Å²) >= 11 is 0. The highest BCUT2D eigenvalue weighted by Crippen LogP contribution is 2.49. The first-order valence-corrected chi connectivity index (χ1v) is 9.43. The van der Waals surface area contributed by atoms with Crippen LogP contribution >= 0.6 is 0 Å². The molecule has 3 atom stereocenters. The van der Waals surface area contributed by atoms with E-state index in [9.17, 15) is 9.59 Å².